The van der Waals surface area contributed by atoms with Crippen LogP contribution in [0.15, 0.2) is 0 Å². The molecule has 0 unspecified atom stereocenters. The fourth-order valence-electron chi connectivity index (χ4n) is 5.44. The van der Waals surface area contributed by atoms with Gasteiger partial charge in [0.2, 0.25) is 0 Å². The van der Waals surface area contributed by atoms with Gasteiger partial charge in [0.1, 0.15) is 24.4 Å². The summed E-state index contributed by atoms with van der Waals surface area (Å²) in [6.45, 7) is 5.31. The molecule has 0 radical (unpaired) electrons. The first-order chi connectivity index (χ1) is 18.4. The maximum Gasteiger partial charge on any atom is 0.306 e. The van der Waals surface area contributed by atoms with Crippen LogP contribution in [0.3, 0.4) is 0 Å². The highest BCUT2D eigenvalue weighted by atomic mass is 16.7. The van der Waals surface area contributed by atoms with Gasteiger partial charge in [0.25, 0.3) is 0 Å². The minimum Gasteiger partial charge on any atom is -0.469 e. The minimum atomic E-state index is -1.36. The maximum atomic E-state index is 12.0. The van der Waals surface area contributed by atoms with Gasteiger partial charge in [-0.1, -0.05) is 104 Å². The van der Waals surface area contributed by atoms with Crippen LogP contribution in [0, 0.1) is 0 Å². The Labute approximate surface area is 232 Å². The molecule has 1 saturated heterocycles. The predicted molar refractivity (Wildman–Crippen MR) is 151 cm³/mol. The van der Waals surface area contributed by atoms with Gasteiger partial charge in [-0.15, -0.1) is 0 Å². The van der Waals surface area contributed by atoms with Gasteiger partial charge in [0.15, 0.2) is 6.29 Å². The van der Waals surface area contributed by atoms with Crippen LogP contribution in [0.5, 0.6) is 0 Å². The molecular weight excluding hydrogens is 486 g/mol. The van der Waals surface area contributed by atoms with E-state index in [0.717, 1.165) is 25.7 Å². The van der Waals surface area contributed by atoms with Crippen LogP contribution in [0.1, 0.15) is 123 Å². The number of rotatable bonds is 23. The van der Waals surface area contributed by atoms with Crippen LogP contribution in [-0.4, -0.2) is 90.2 Å². The lowest BCUT2D eigenvalue weighted by molar-refractivity contribution is -0.292. The summed E-state index contributed by atoms with van der Waals surface area (Å²) < 4.78 is 16.0. The molecule has 8 heteroatoms. The SMILES string of the molecule is CCCCCCCCCC(CCCCCCCCC)N(CCC(=O)OC)C[C@H]1O[C@H](OC)[C@@H](O)[C@@H](O)[C@@H]1O. The van der Waals surface area contributed by atoms with Crippen molar-refractivity contribution < 1.29 is 34.3 Å². The second-order valence-electron chi connectivity index (χ2n) is 11.0. The zero-order chi connectivity index (χ0) is 28.2. The summed E-state index contributed by atoms with van der Waals surface area (Å²) in [4.78, 5) is 14.3. The van der Waals surface area contributed by atoms with E-state index in [1.165, 1.54) is 91.3 Å². The zero-order valence-corrected chi connectivity index (χ0v) is 24.8. The van der Waals surface area contributed by atoms with Crippen molar-refractivity contribution in [2.24, 2.45) is 0 Å². The quantitative estimate of drug-likeness (QED) is 0.122. The molecule has 0 aromatic heterocycles. The standard InChI is InChI=1S/C30H59NO7/c1-5-7-9-11-13-15-17-19-24(20-18-16-14-12-10-8-6-2)31(22-21-26(32)36-3)23-25-27(33)28(34)29(35)30(37-4)38-25/h24-25,27-30,33-35H,5-23H2,1-4H3/t25-,27-,28+,29+,30+/m1/s1. The minimum absolute atomic E-state index is 0.242. The number of carbonyl (C=O) groups is 1. The van der Waals surface area contributed by atoms with E-state index >= 15 is 0 Å². The molecule has 1 aliphatic heterocycles. The zero-order valence-electron chi connectivity index (χ0n) is 24.8. The molecule has 38 heavy (non-hydrogen) atoms. The number of aliphatic hydroxyl groups excluding tert-OH is 3. The number of unbranched alkanes of at least 4 members (excludes halogenated alkanes) is 12. The molecule has 0 spiro atoms. The summed E-state index contributed by atoms with van der Waals surface area (Å²) >= 11 is 0. The average Bonchev–Trinajstić information content (AvgIpc) is 2.92. The third kappa shape index (κ3) is 14.0. The second-order valence-corrected chi connectivity index (χ2v) is 11.0. The third-order valence-corrected chi connectivity index (χ3v) is 7.94. The van der Waals surface area contributed by atoms with Crippen molar-refractivity contribution in [1.29, 1.82) is 0 Å². The molecule has 0 aromatic carbocycles. The fourth-order valence-corrected chi connectivity index (χ4v) is 5.44. The van der Waals surface area contributed by atoms with Gasteiger partial charge in [0, 0.05) is 26.2 Å². The first-order valence-corrected chi connectivity index (χ1v) is 15.4. The van der Waals surface area contributed by atoms with Crippen molar-refractivity contribution in [1.82, 2.24) is 4.90 Å². The molecule has 0 amide bonds. The number of methoxy groups -OCH3 is 2. The Balaban J connectivity index is 2.86. The Morgan fingerprint density at radius 3 is 1.74 bits per heavy atom. The van der Waals surface area contributed by atoms with Gasteiger partial charge in [-0.3, -0.25) is 9.69 Å². The van der Waals surface area contributed by atoms with Gasteiger partial charge in [0.05, 0.1) is 13.5 Å². The Morgan fingerprint density at radius 1 is 0.763 bits per heavy atom. The molecule has 8 nitrogen and oxygen atoms in total. The number of aliphatic hydroxyl groups is 3. The molecule has 0 aromatic rings. The molecule has 3 N–H and O–H groups in total. The molecule has 5 atom stereocenters. The van der Waals surface area contributed by atoms with Crippen LogP contribution < -0.4 is 0 Å². The first kappa shape index (κ1) is 35.3. The van der Waals surface area contributed by atoms with E-state index in [1.54, 1.807) is 0 Å². The van der Waals surface area contributed by atoms with Gasteiger partial charge in [-0.25, -0.2) is 0 Å². The lowest BCUT2D eigenvalue weighted by atomic mass is 9.95. The second kappa shape index (κ2) is 22.0. The number of hydrogen-bond donors (Lipinski definition) is 3. The van der Waals surface area contributed by atoms with E-state index in [-0.39, 0.29) is 18.4 Å². The van der Waals surface area contributed by atoms with Crippen molar-refractivity contribution in [2.45, 2.75) is 160 Å². The van der Waals surface area contributed by atoms with Gasteiger partial charge < -0.3 is 29.5 Å². The van der Waals surface area contributed by atoms with E-state index in [4.69, 9.17) is 14.2 Å². The van der Waals surface area contributed by atoms with Crippen LogP contribution >= 0.6 is 0 Å². The van der Waals surface area contributed by atoms with Crippen molar-refractivity contribution in [3.8, 4) is 0 Å². The summed E-state index contributed by atoms with van der Waals surface area (Å²) in [7, 11) is 2.81. The lowest BCUT2D eigenvalue weighted by Crippen LogP contribution is -2.61. The highest BCUT2D eigenvalue weighted by Crippen LogP contribution is 2.26. The van der Waals surface area contributed by atoms with Gasteiger partial charge in [-0.2, -0.15) is 0 Å². The predicted octanol–water partition coefficient (Wildman–Crippen LogP) is 4.96. The Hall–Kier alpha value is -0.770. The van der Waals surface area contributed by atoms with E-state index < -0.39 is 30.7 Å². The summed E-state index contributed by atoms with van der Waals surface area (Å²) in [5.74, 6) is -0.268. The lowest BCUT2D eigenvalue weighted by Gasteiger charge is -2.43. The molecule has 1 fully saturated rings. The molecule has 1 aliphatic rings. The number of hydrogen-bond acceptors (Lipinski definition) is 8. The van der Waals surface area contributed by atoms with E-state index in [2.05, 4.69) is 18.7 Å². The largest absolute Gasteiger partial charge is 0.469 e. The van der Waals surface area contributed by atoms with Gasteiger partial charge >= 0.3 is 5.97 Å². The summed E-state index contributed by atoms with van der Waals surface area (Å²) in [5, 5.41) is 31.3. The van der Waals surface area contributed by atoms with Crippen LogP contribution in [0.2, 0.25) is 0 Å². The molecule has 0 aliphatic carbocycles. The first-order valence-electron chi connectivity index (χ1n) is 15.4. The Morgan fingerprint density at radius 2 is 1.26 bits per heavy atom. The Kier molecular flexibility index (Phi) is 20.4. The van der Waals surface area contributed by atoms with Crippen molar-refractivity contribution in [3.05, 3.63) is 0 Å². The highest BCUT2D eigenvalue weighted by molar-refractivity contribution is 5.69. The van der Waals surface area contributed by atoms with E-state index in [9.17, 15) is 20.1 Å². The van der Waals surface area contributed by atoms with E-state index in [0.29, 0.717) is 13.1 Å². The molecular formula is C30H59NO7. The average molecular weight is 546 g/mol. The Bertz CT molecular complexity index is 559. The molecule has 226 valence electrons. The van der Waals surface area contributed by atoms with E-state index in [1.807, 2.05) is 0 Å². The van der Waals surface area contributed by atoms with Crippen molar-refractivity contribution in [3.63, 3.8) is 0 Å². The maximum absolute atomic E-state index is 12.0. The summed E-state index contributed by atoms with van der Waals surface area (Å²) in [6.07, 6.45) is 14.0. The van der Waals surface area contributed by atoms with Crippen LogP contribution in [0.4, 0.5) is 0 Å². The monoisotopic (exact) mass is 545 g/mol. The van der Waals surface area contributed by atoms with Crippen LogP contribution in [-0.2, 0) is 19.0 Å². The van der Waals surface area contributed by atoms with Crippen molar-refractivity contribution in [2.75, 3.05) is 27.3 Å². The molecule has 1 heterocycles. The normalized spacial score (nSPS) is 23.9. The third-order valence-electron chi connectivity index (χ3n) is 7.94. The molecule has 1 rings (SSSR count). The topological polar surface area (TPSA) is 109 Å². The van der Waals surface area contributed by atoms with Crippen LogP contribution in [0.25, 0.3) is 0 Å². The summed E-state index contributed by atoms with van der Waals surface area (Å²) in [5.41, 5.74) is 0. The number of carbonyl (C=O) groups excluding carboxylic acids is 1. The molecule has 0 saturated carbocycles. The number of esters is 1. The fraction of sp³-hybridized carbons (Fsp3) is 0.967. The number of nitrogens with zero attached hydrogens (tertiary/aromatic N) is 1. The smallest absolute Gasteiger partial charge is 0.306 e. The molecule has 0 bridgehead atoms. The number of ether oxygens (including phenoxy) is 3. The van der Waals surface area contributed by atoms with Crippen molar-refractivity contribution >= 4 is 5.97 Å². The highest BCUT2D eigenvalue weighted by Gasteiger charge is 2.44. The summed E-state index contributed by atoms with van der Waals surface area (Å²) in [6, 6.07) is 0.242. The van der Waals surface area contributed by atoms with Gasteiger partial charge in [-0.05, 0) is 12.8 Å².